The summed E-state index contributed by atoms with van der Waals surface area (Å²) in [6.45, 7) is 3.96. The zero-order chi connectivity index (χ0) is 23.2. The van der Waals surface area contributed by atoms with E-state index in [0.717, 1.165) is 62.9 Å². The number of imidazole rings is 1. The first-order chi connectivity index (χ1) is 16.8. The predicted molar refractivity (Wildman–Crippen MR) is 137 cm³/mol. The highest BCUT2D eigenvalue weighted by Gasteiger charge is 2.24. The fourth-order valence-electron chi connectivity index (χ4n) is 5.00. The van der Waals surface area contributed by atoms with Crippen LogP contribution in [0.25, 0.3) is 11.0 Å². The van der Waals surface area contributed by atoms with Crippen LogP contribution in [0.2, 0.25) is 0 Å². The number of hydrogen-bond acceptors (Lipinski definition) is 3. The van der Waals surface area contributed by atoms with Gasteiger partial charge in [0.15, 0.2) is 0 Å². The molecule has 0 spiro atoms. The average Bonchev–Trinajstić information content (AvgIpc) is 3.22. The lowest BCUT2D eigenvalue weighted by molar-refractivity contribution is -0.0271. The van der Waals surface area contributed by atoms with E-state index in [1.54, 1.807) is 0 Å². The SMILES string of the molecule is O=c1[nH]c2ccccc2n1CCCCN1CCC(OC(c2ccccc2)c2ccccc2)CC1. The monoisotopic (exact) mass is 455 g/mol. The molecule has 0 atom stereocenters. The number of benzene rings is 3. The number of H-pyrrole nitrogens is 1. The molecule has 5 nitrogen and oxygen atoms in total. The largest absolute Gasteiger partial charge is 0.365 e. The lowest BCUT2D eigenvalue weighted by Gasteiger charge is -2.34. The van der Waals surface area contributed by atoms with Crippen LogP contribution in [0, 0.1) is 0 Å². The highest BCUT2D eigenvalue weighted by atomic mass is 16.5. The molecule has 0 saturated carbocycles. The Balaban J connectivity index is 1.11. The zero-order valence-electron chi connectivity index (χ0n) is 19.6. The second-order valence-corrected chi connectivity index (χ2v) is 9.18. The number of aromatic amines is 1. The van der Waals surface area contributed by atoms with Crippen molar-refractivity contribution in [1.29, 1.82) is 0 Å². The number of likely N-dealkylation sites (tertiary alicyclic amines) is 1. The van der Waals surface area contributed by atoms with Crippen molar-refractivity contribution in [2.45, 2.75) is 44.4 Å². The van der Waals surface area contributed by atoms with E-state index in [1.807, 2.05) is 28.8 Å². The van der Waals surface area contributed by atoms with Crippen LogP contribution in [-0.2, 0) is 11.3 Å². The Hall–Kier alpha value is -3.15. The predicted octanol–water partition coefficient (Wildman–Crippen LogP) is 5.38. The second-order valence-electron chi connectivity index (χ2n) is 9.18. The third-order valence-corrected chi connectivity index (χ3v) is 6.86. The molecule has 1 aromatic heterocycles. The lowest BCUT2D eigenvalue weighted by Crippen LogP contribution is -2.38. The summed E-state index contributed by atoms with van der Waals surface area (Å²) in [5.41, 5.74) is 4.33. The van der Waals surface area contributed by atoms with E-state index in [4.69, 9.17) is 4.74 Å². The Kier molecular flexibility index (Phi) is 7.22. The van der Waals surface area contributed by atoms with E-state index in [2.05, 4.69) is 70.5 Å². The van der Waals surface area contributed by atoms with E-state index in [9.17, 15) is 4.79 Å². The molecule has 1 N–H and O–H groups in total. The Morgan fingerprint density at radius 3 is 2.06 bits per heavy atom. The van der Waals surface area contributed by atoms with Crippen LogP contribution < -0.4 is 5.69 Å². The molecule has 5 heteroatoms. The molecule has 5 rings (SSSR count). The van der Waals surface area contributed by atoms with Gasteiger partial charge in [-0.2, -0.15) is 0 Å². The molecule has 1 fully saturated rings. The average molecular weight is 456 g/mol. The zero-order valence-corrected chi connectivity index (χ0v) is 19.6. The minimum Gasteiger partial charge on any atom is -0.365 e. The molecule has 1 aliphatic rings. The number of fused-ring (bicyclic) bond motifs is 1. The van der Waals surface area contributed by atoms with E-state index in [-0.39, 0.29) is 17.9 Å². The Morgan fingerprint density at radius 2 is 1.38 bits per heavy atom. The molecule has 0 amide bonds. The Morgan fingerprint density at radius 1 is 0.794 bits per heavy atom. The van der Waals surface area contributed by atoms with Gasteiger partial charge in [-0.15, -0.1) is 0 Å². The van der Waals surface area contributed by atoms with Gasteiger partial charge in [-0.3, -0.25) is 4.57 Å². The number of nitrogens with one attached hydrogen (secondary N) is 1. The minimum absolute atomic E-state index is 0.00875. The first-order valence-corrected chi connectivity index (χ1v) is 12.4. The number of unbranched alkanes of at least 4 members (excludes halogenated alkanes) is 1. The minimum atomic E-state index is -0.0200. The lowest BCUT2D eigenvalue weighted by atomic mass is 10.00. The molecule has 0 unspecified atom stereocenters. The molecule has 0 radical (unpaired) electrons. The molecule has 1 saturated heterocycles. The number of nitrogens with zero attached hydrogens (tertiary/aromatic N) is 2. The fourth-order valence-corrected chi connectivity index (χ4v) is 5.00. The highest BCUT2D eigenvalue weighted by Crippen LogP contribution is 2.30. The van der Waals surface area contributed by atoms with Gasteiger partial charge in [0.1, 0.15) is 6.10 Å². The molecule has 3 aromatic carbocycles. The standard InChI is InChI=1S/C29H33N3O2/c33-29-30-26-15-7-8-16-27(26)32(29)20-10-9-19-31-21-17-25(18-22-31)34-28(23-11-3-1-4-12-23)24-13-5-2-6-14-24/h1-8,11-16,25,28H,9-10,17-22H2,(H,30,33). The molecule has 0 aliphatic carbocycles. The first kappa shape index (κ1) is 22.6. The van der Waals surface area contributed by atoms with Crippen molar-refractivity contribution in [2.24, 2.45) is 0 Å². The highest BCUT2D eigenvalue weighted by molar-refractivity contribution is 5.74. The third kappa shape index (κ3) is 5.32. The van der Waals surface area contributed by atoms with Crippen molar-refractivity contribution in [3.63, 3.8) is 0 Å². The summed E-state index contributed by atoms with van der Waals surface area (Å²) >= 11 is 0. The van der Waals surface area contributed by atoms with Crippen LogP contribution in [0.15, 0.2) is 89.7 Å². The molecule has 4 aromatic rings. The van der Waals surface area contributed by atoms with Crippen LogP contribution in [-0.4, -0.2) is 40.2 Å². The van der Waals surface area contributed by atoms with Gasteiger partial charge in [-0.05, 0) is 55.5 Å². The summed E-state index contributed by atoms with van der Waals surface area (Å²) in [5.74, 6) is 0. The number of piperidine rings is 1. The van der Waals surface area contributed by atoms with Gasteiger partial charge in [0.05, 0.1) is 17.1 Å². The first-order valence-electron chi connectivity index (χ1n) is 12.4. The van der Waals surface area contributed by atoms with Gasteiger partial charge in [-0.25, -0.2) is 4.79 Å². The quantitative estimate of drug-likeness (QED) is 0.345. The number of para-hydroxylation sites is 2. The molecule has 1 aliphatic heterocycles. The second kappa shape index (κ2) is 10.9. The Bertz CT molecular complexity index is 1180. The summed E-state index contributed by atoms with van der Waals surface area (Å²) in [6.07, 6.45) is 4.45. The van der Waals surface area contributed by atoms with Gasteiger partial charge in [0.2, 0.25) is 0 Å². The van der Waals surface area contributed by atoms with Crippen LogP contribution in [0.1, 0.15) is 42.9 Å². The molecular weight excluding hydrogens is 422 g/mol. The van der Waals surface area contributed by atoms with E-state index < -0.39 is 0 Å². The van der Waals surface area contributed by atoms with E-state index in [0.29, 0.717) is 0 Å². The Labute approximate surface area is 201 Å². The summed E-state index contributed by atoms with van der Waals surface area (Å²) in [7, 11) is 0. The van der Waals surface area contributed by atoms with Crippen molar-refractivity contribution in [2.75, 3.05) is 19.6 Å². The van der Waals surface area contributed by atoms with Gasteiger partial charge >= 0.3 is 5.69 Å². The van der Waals surface area contributed by atoms with Crippen molar-refractivity contribution in [1.82, 2.24) is 14.5 Å². The number of hydrogen-bond donors (Lipinski definition) is 1. The normalized spacial score (nSPS) is 15.3. The van der Waals surface area contributed by atoms with E-state index >= 15 is 0 Å². The molecule has 34 heavy (non-hydrogen) atoms. The smallest absolute Gasteiger partial charge is 0.326 e. The van der Waals surface area contributed by atoms with Gasteiger partial charge in [0.25, 0.3) is 0 Å². The van der Waals surface area contributed by atoms with E-state index in [1.165, 1.54) is 11.1 Å². The van der Waals surface area contributed by atoms with Crippen molar-refractivity contribution < 1.29 is 4.74 Å². The maximum Gasteiger partial charge on any atom is 0.326 e. The van der Waals surface area contributed by atoms with Crippen LogP contribution >= 0.6 is 0 Å². The topological polar surface area (TPSA) is 50.3 Å². The number of rotatable bonds is 9. The maximum atomic E-state index is 12.2. The molecular formula is C29H33N3O2. The van der Waals surface area contributed by atoms with Crippen LogP contribution in [0.3, 0.4) is 0 Å². The van der Waals surface area contributed by atoms with Gasteiger partial charge in [0, 0.05) is 19.6 Å². The van der Waals surface area contributed by atoms with Crippen molar-refractivity contribution in [3.8, 4) is 0 Å². The number of ether oxygens (including phenoxy) is 1. The summed E-state index contributed by atoms with van der Waals surface area (Å²) in [6, 6.07) is 29.0. The summed E-state index contributed by atoms with van der Waals surface area (Å²) < 4.78 is 8.54. The molecule has 2 heterocycles. The van der Waals surface area contributed by atoms with Gasteiger partial charge in [-0.1, -0.05) is 72.8 Å². The summed E-state index contributed by atoms with van der Waals surface area (Å²) in [4.78, 5) is 17.7. The molecule has 0 bridgehead atoms. The number of aromatic nitrogens is 2. The number of aryl methyl sites for hydroxylation is 1. The van der Waals surface area contributed by atoms with Crippen LogP contribution in [0.5, 0.6) is 0 Å². The molecule has 176 valence electrons. The van der Waals surface area contributed by atoms with Crippen molar-refractivity contribution >= 4 is 11.0 Å². The van der Waals surface area contributed by atoms with Gasteiger partial charge < -0.3 is 14.6 Å². The fraction of sp³-hybridized carbons (Fsp3) is 0.345. The maximum absolute atomic E-state index is 12.2. The summed E-state index contributed by atoms with van der Waals surface area (Å²) in [5, 5.41) is 0. The van der Waals surface area contributed by atoms with Crippen molar-refractivity contribution in [3.05, 3.63) is 107 Å². The third-order valence-electron chi connectivity index (χ3n) is 6.86. The van der Waals surface area contributed by atoms with Crippen LogP contribution in [0.4, 0.5) is 0 Å².